The third-order valence-electron chi connectivity index (χ3n) is 11.2. The molecule has 4 rings (SSSR count). The number of unbranched alkanes of at least 4 members (excludes halogenated alkanes) is 1. The Labute approximate surface area is 234 Å². The Bertz CT molecular complexity index is 989. The highest BCUT2D eigenvalue weighted by atomic mass is 16.5. The van der Waals surface area contributed by atoms with Gasteiger partial charge in [-0.15, -0.1) is 0 Å². The topological polar surface area (TPSA) is 139 Å². The summed E-state index contributed by atoms with van der Waals surface area (Å²) in [6, 6.07) is 0. The number of carbonyl (C=O) groups excluding carboxylic acids is 1. The van der Waals surface area contributed by atoms with Crippen LogP contribution in [0.3, 0.4) is 0 Å². The summed E-state index contributed by atoms with van der Waals surface area (Å²) in [6.07, 6.45) is 14.7. The van der Waals surface area contributed by atoms with E-state index in [1.807, 2.05) is 13.0 Å². The molecule has 0 aromatic heterocycles. The quantitative estimate of drug-likeness (QED) is 0.168. The van der Waals surface area contributed by atoms with Crippen LogP contribution < -0.4 is 11.5 Å². The van der Waals surface area contributed by atoms with Gasteiger partial charge >= 0.3 is 5.97 Å². The molecular weight excluding hydrogens is 492 g/mol. The molecule has 4 fully saturated rings. The summed E-state index contributed by atoms with van der Waals surface area (Å²) < 4.78 is 5.44. The second kappa shape index (κ2) is 11.4. The van der Waals surface area contributed by atoms with Crippen molar-refractivity contribution >= 4 is 5.97 Å². The zero-order valence-corrected chi connectivity index (χ0v) is 24.5. The van der Waals surface area contributed by atoms with Crippen LogP contribution in [0.2, 0.25) is 0 Å². The van der Waals surface area contributed by atoms with E-state index in [0.717, 1.165) is 50.5 Å². The summed E-state index contributed by atoms with van der Waals surface area (Å²) in [7, 11) is 0. The van der Waals surface area contributed by atoms with E-state index >= 15 is 0 Å². The largest absolute Gasteiger partial charge is 0.465 e. The standard InChI is InChI=1S/C32H52N2O5/c1-5-6-18-39-28(38)30(14-15-30)27(37)12-9-21(2)31(33)16-17-32(34)24(8-7-13-29(31,32)4)11-10-23-19-25(35)22(3)26(36)20-23/h9-12,21-22,25-27,35-37H,5-8,13-20,33-34H2,1-4H3/b12-9+,23-10?,24-11+/t21-,22?,25-,26?,27?,29?,31+,32-/m1/s1. The van der Waals surface area contributed by atoms with Crippen molar-refractivity contribution in [1.29, 1.82) is 0 Å². The Balaban J connectivity index is 1.49. The van der Waals surface area contributed by atoms with E-state index < -0.39 is 34.8 Å². The smallest absolute Gasteiger partial charge is 0.315 e. The molecule has 4 unspecified atom stereocenters. The average molecular weight is 545 g/mol. The minimum Gasteiger partial charge on any atom is -0.465 e. The summed E-state index contributed by atoms with van der Waals surface area (Å²) in [4.78, 5) is 12.7. The van der Waals surface area contributed by atoms with E-state index in [0.29, 0.717) is 32.3 Å². The van der Waals surface area contributed by atoms with Crippen LogP contribution in [-0.4, -0.2) is 57.3 Å². The fourth-order valence-corrected chi connectivity index (χ4v) is 7.60. The Hall–Kier alpha value is -1.51. The van der Waals surface area contributed by atoms with Gasteiger partial charge in [0.2, 0.25) is 0 Å². The first-order chi connectivity index (χ1) is 18.3. The molecule has 0 spiro atoms. The maximum Gasteiger partial charge on any atom is 0.315 e. The first-order valence-electron chi connectivity index (χ1n) is 15.2. The Kier molecular flexibility index (Phi) is 8.90. The molecule has 7 N–H and O–H groups in total. The minimum absolute atomic E-state index is 0.0442. The molecule has 4 saturated carbocycles. The fraction of sp³-hybridized carbons (Fsp3) is 0.781. The van der Waals surface area contributed by atoms with Gasteiger partial charge in [-0.25, -0.2) is 0 Å². The van der Waals surface area contributed by atoms with Crippen molar-refractivity contribution in [2.24, 2.45) is 34.1 Å². The van der Waals surface area contributed by atoms with Crippen molar-refractivity contribution in [3.8, 4) is 0 Å². The second-order valence-corrected chi connectivity index (χ2v) is 13.4. The van der Waals surface area contributed by atoms with Crippen molar-refractivity contribution in [2.75, 3.05) is 6.61 Å². The van der Waals surface area contributed by atoms with Crippen molar-refractivity contribution in [3.63, 3.8) is 0 Å². The van der Waals surface area contributed by atoms with Crippen LogP contribution in [0.4, 0.5) is 0 Å². The van der Waals surface area contributed by atoms with Gasteiger partial charge in [-0.1, -0.05) is 64.0 Å². The number of ether oxygens (including phenoxy) is 1. The summed E-state index contributed by atoms with van der Waals surface area (Å²) >= 11 is 0. The monoisotopic (exact) mass is 544 g/mol. The maximum atomic E-state index is 12.7. The molecule has 220 valence electrons. The van der Waals surface area contributed by atoms with Crippen molar-refractivity contribution in [3.05, 3.63) is 35.5 Å². The molecule has 0 aromatic rings. The zero-order valence-electron chi connectivity index (χ0n) is 24.5. The summed E-state index contributed by atoms with van der Waals surface area (Å²) in [5, 5.41) is 31.6. The summed E-state index contributed by atoms with van der Waals surface area (Å²) in [5.41, 5.74) is 14.5. The van der Waals surface area contributed by atoms with Crippen LogP contribution in [0.1, 0.15) is 98.3 Å². The number of allylic oxidation sites excluding steroid dienone is 2. The van der Waals surface area contributed by atoms with Gasteiger partial charge in [0.1, 0.15) is 0 Å². The Morgan fingerprint density at radius 3 is 2.36 bits per heavy atom. The van der Waals surface area contributed by atoms with Crippen LogP contribution in [0, 0.1) is 22.7 Å². The molecule has 4 aliphatic carbocycles. The molecule has 0 heterocycles. The summed E-state index contributed by atoms with van der Waals surface area (Å²) in [6.45, 7) is 8.68. The van der Waals surface area contributed by atoms with Gasteiger partial charge in [0.25, 0.3) is 0 Å². The summed E-state index contributed by atoms with van der Waals surface area (Å²) in [5.74, 6) is -0.450. The lowest BCUT2D eigenvalue weighted by Crippen LogP contribution is -2.66. The van der Waals surface area contributed by atoms with Gasteiger partial charge in [-0.2, -0.15) is 0 Å². The number of aliphatic hydroxyl groups excluding tert-OH is 3. The first kappa shape index (κ1) is 30.4. The highest BCUT2D eigenvalue weighted by Gasteiger charge is 2.65. The highest BCUT2D eigenvalue weighted by Crippen LogP contribution is 2.62. The number of fused-ring (bicyclic) bond motifs is 1. The minimum atomic E-state index is -0.883. The zero-order chi connectivity index (χ0) is 28.6. The van der Waals surface area contributed by atoms with Crippen LogP contribution in [0.25, 0.3) is 0 Å². The fourth-order valence-electron chi connectivity index (χ4n) is 7.60. The van der Waals surface area contributed by atoms with Crippen LogP contribution in [-0.2, 0) is 9.53 Å². The van der Waals surface area contributed by atoms with E-state index in [1.54, 1.807) is 6.08 Å². The molecule has 0 bridgehead atoms. The maximum absolute atomic E-state index is 12.7. The number of hydrogen-bond donors (Lipinski definition) is 5. The van der Waals surface area contributed by atoms with Crippen LogP contribution in [0.5, 0.6) is 0 Å². The average Bonchev–Trinajstić information content (AvgIpc) is 3.68. The molecule has 39 heavy (non-hydrogen) atoms. The predicted molar refractivity (Wildman–Crippen MR) is 153 cm³/mol. The van der Waals surface area contributed by atoms with Gasteiger partial charge in [0.15, 0.2) is 0 Å². The van der Waals surface area contributed by atoms with Crippen molar-refractivity contribution < 1.29 is 24.9 Å². The van der Waals surface area contributed by atoms with E-state index in [1.165, 1.54) is 5.57 Å². The molecule has 4 aliphatic rings. The lowest BCUT2D eigenvalue weighted by atomic mass is 9.54. The molecule has 0 amide bonds. The normalized spacial score (nSPS) is 41.5. The molecule has 7 nitrogen and oxygen atoms in total. The molecule has 8 atom stereocenters. The predicted octanol–water partition coefficient (Wildman–Crippen LogP) is 4.05. The molecule has 7 heteroatoms. The van der Waals surface area contributed by atoms with Gasteiger partial charge in [0.05, 0.1) is 30.3 Å². The van der Waals surface area contributed by atoms with Crippen molar-refractivity contribution in [1.82, 2.24) is 0 Å². The number of esters is 1. The lowest BCUT2D eigenvalue weighted by Gasteiger charge is -2.55. The van der Waals surface area contributed by atoms with Gasteiger partial charge < -0.3 is 31.5 Å². The van der Waals surface area contributed by atoms with E-state index in [2.05, 4.69) is 32.9 Å². The Morgan fingerprint density at radius 1 is 1.08 bits per heavy atom. The number of carbonyl (C=O) groups is 1. The number of aliphatic hydroxyl groups is 3. The molecule has 0 aromatic carbocycles. The third kappa shape index (κ3) is 5.30. The first-order valence-corrected chi connectivity index (χ1v) is 15.2. The molecule has 0 saturated heterocycles. The van der Waals surface area contributed by atoms with Crippen LogP contribution >= 0.6 is 0 Å². The highest BCUT2D eigenvalue weighted by molar-refractivity contribution is 5.81. The van der Waals surface area contributed by atoms with Gasteiger partial charge in [0, 0.05) is 22.4 Å². The van der Waals surface area contributed by atoms with Crippen molar-refractivity contribution in [2.45, 2.75) is 128 Å². The lowest BCUT2D eigenvalue weighted by molar-refractivity contribution is -0.153. The van der Waals surface area contributed by atoms with E-state index in [4.69, 9.17) is 16.2 Å². The number of hydrogen-bond acceptors (Lipinski definition) is 7. The van der Waals surface area contributed by atoms with Gasteiger partial charge in [-0.3, -0.25) is 4.79 Å². The van der Waals surface area contributed by atoms with Gasteiger partial charge in [-0.05, 0) is 75.7 Å². The molecule has 0 radical (unpaired) electrons. The third-order valence-corrected chi connectivity index (χ3v) is 11.2. The molecular formula is C32H52N2O5. The van der Waals surface area contributed by atoms with Crippen LogP contribution in [0.15, 0.2) is 35.5 Å². The van der Waals surface area contributed by atoms with E-state index in [-0.39, 0.29) is 23.2 Å². The second-order valence-electron chi connectivity index (χ2n) is 13.4. The number of rotatable bonds is 9. The molecule has 0 aliphatic heterocycles. The van der Waals surface area contributed by atoms with E-state index in [9.17, 15) is 20.1 Å². The SMILES string of the molecule is CCCCOC(=O)C1(C(O)/C=C/[C@@H](C)[C@@]2(N)CC[C@@]3(N)/C(=C/C=C4CC(O)C(C)[C@H](O)C4)CCCC32C)CC1. The Morgan fingerprint density at radius 2 is 1.74 bits per heavy atom. The number of nitrogens with two attached hydrogens (primary N) is 2.